The van der Waals surface area contributed by atoms with Gasteiger partial charge in [-0.15, -0.1) is 0 Å². The van der Waals surface area contributed by atoms with E-state index >= 15 is 0 Å². The normalized spacial score (nSPS) is 16.1. The van der Waals surface area contributed by atoms with E-state index < -0.39 is 0 Å². The second kappa shape index (κ2) is 4.78. The molecule has 1 nitrogen and oxygen atoms in total. The molecule has 0 saturated heterocycles. The van der Waals surface area contributed by atoms with E-state index in [4.69, 9.17) is 0 Å². The first-order valence-electron chi connectivity index (χ1n) is 5.86. The van der Waals surface area contributed by atoms with Gasteiger partial charge in [-0.25, -0.2) is 0 Å². The van der Waals surface area contributed by atoms with Crippen LogP contribution < -0.4 is 0 Å². The molecule has 1 aromatic rings. The summed E-state index contributed by atoms with van der Waals surface area (Å²) in [5.74, 6) is 1.33. The minimum Gasteiger partial charge on any atom is -0.265 e. The van der Waals surface area contributed by atoms with E-state index in [2.05, 4.69) is 51.7 Å². The molecular weight excluding hydrogens is 182 g/mol. The molecule has 1 rings (SSSR count). The molecule has 0 radical (unpaired) electrons. The van der Waals surface area contributed by atoms with Gasteiger partial charge in [-0.2, -0.15) is 0 Å². The number of pyridine rings is 1. The summed E-state index contributed by atoms with van der Waals surface area (Å²) < 4.78 is 0. The highest BCUT2D eigenvalue weighted by Crippen LogP contribution is 2.41. The van der Waals surface area contributed by atoms with Crippen molar-refractivity contribution in [3.05, 3.63) is 30.1 Å². The third-order valence-electron chi connectivity index (χ3n) is 3.21. The highest BCUT2D eigenvalue weighted by molar-refractivity contribution is 5.19. The fraction of sp³-hybridized carbons (Fsp3) is 0.643. The number of aromatic nitrogens is 1. The smallest absolute Gasteiger partial charge is 0.0270 e. The van der Waals surface area contributed by atoms with Crippen molar-refractivity contribution in [3.8, 4) is 0 Å². The molecule has 0 spiro atoms. The second-order valence-corrected chi connectivity index (χ2v) is 5.51. The molecule has 2 unspecified atom stereocenters. The van der Waals surface area contributed by atoms with E-state index in [0.29, 0.717) is 17.3 Å². The van der Waals surface area contributed by atoms with Crippen LogP contribution in [-0.2, 0) is 0 Å². The van der Waals surface area contributed by atoms with Crippen molar-refractivity contribution in [1.29, 1.82) is 0 Å². The van der Waals surface area contributed by atoms with Gasteiger partial charge < -0.3 is 0 Å². The summed E-state index contributed by atoms with van der Waals surface area (Å²) in [5.41, 5.74) is 1.74. The third kappa shape index (κ3) is 3.05. The van der Waals surface area contributed by atoms with Crippen molar-refractivity contribution in [2.45, 2.75) is 47.0 Å². The van der Waals surface area contributed by atoms with Gasteiger partial charge in [-0.1, -0.05) is 41.0 Å². The van der Waals surface area contributed by atoms with Crippen molar-refractivity contribution in [3.63, 3.8) is 0 Å². The van der Waals surface area contributed by atoms with Crippen LogP contribution in [-0.4, -0.2) is 4.98 Å². The van der Waals surface area contributed by atoms with Crippen LogP contribution in [0, 0.1) is 11.3 Å². The van der Waals surface area contributed by atoms with Gasteiger partial charge in [0.15, 0.2) is 0 Å². The predicted molar refractivity (Wildman–Crippen MR) is 65.9 cm³/mol. The van der Waals surface area contributed by atoms with Crippen LogP contribution in [0.4, 0.5) is 0 Å². The fourth-order valence-corrected chi connectivity index (χ4v) is 2.49. The van der Waals surface area contributed by atoms with Crippen LogP contribution in [0.15, 0.2) is 24.5 Å². The summed E-state index contributed by atoms with van der Waals surface area (Å²) in [6.07, 6.45) is 5.02. The highest BCUT2D eigenvalue weighted by Gasteiger charge is 2.29. The number of nitrogens with zero attached hydrogens (tertiary/aromatic N) is 1. The molecule has 1 aromatic heterocycles. The lowest BCUT2D eigenvalue weighted by atomic mass is 9.69. The van der Waals surface area contributed by atoms with Gasteiger partial charge in [0.25, 0.3) is 0 Å². The van der Waals surface area contributed by atoms with Crippen LogP contribution >= 0.6 is 0 Å². The topological polar surface area (TPSA) is 12.9 Å². The van der Waals surface area contributed by atoms with Crippen molar-refractivity contribution >= 4 is 0 Å². The maximum absolute atomic E-state index is 4.09. The minimum atomic E-state index is 0.316. The summed E-state index contributed by atoms with van der Waals surface area (Å²) in [7, 11) is 0. The molecule has 84 valence electrons. The second-order valence-electron chi connectivity index (χ2n) is 5.51. The Hall–Kier alpha value is -0.850. The van der Waals surface area contributed by atoms with E-state index in [0.717, 1.165) is 0 Å². The SMILES string of the molecule is CCC(C)C(c1ccncc1)C(C)(C)C. The monoisotopic (exact) mass is 205 g/mol. The Morgan fingerprint density at radius 1 is 1.20 bits per heavy atom. The molecule has 0 N–H and O–H groups in total. The molecule has 0 aliphatic heterocycles. The zero-order valence-corrected chi connectivity index (χ0v) is 10.6. The summed E-state index contributed by atoms with van der Waals surface area (Å²) in [4.78, 5) is 4.09. The van der Waals surface area contributed by atoms with E-state index in [9.17, 15) is 0 Å². The van der Waals surface area contributed by atoms with Crippen LogP contribution in [0.5, 0.6) is 0 Å². The van der Waals surface area contributed by atoms with E-state index in [-0.39, 0.29) is 0 Å². The first-order chi connectivity index (χ1) is 6.96. The quantitative estimate of drug-likeness (QED) is 0.718. The number of hydrogen-bond acceptors (Lipinski definition) is 1. The molecule has 0 aliphatic carbocycles. The molecule has 1 heteroatoms. The number of rotatable bonds is 3. The summed E-state index contributed by atoms with van der Waals surface area (Å²) >= 11 is 0. The summed E-state index contributed by atoms with van der Waals surface area (Å²) in [6, 6.07) is 4.31. The molecule has 0 aliphatic rings. The Kier molecular flexibility index (Phi) is 3.90. The molecule has 0 aromatic carbocycles. The maximum atomic E-state index is 4.09. The Morgan fingerprint density at radius 3 is 2.13 bits per heavy atom. The highest BCUT2D eigenvalue weighted by atomic mass is 14.6. The molecule has 0 amide bonds. The Morgan fingerprint density at radius 2 is 1.73 bits per heavy atom. The van der Waals surface area contributed by atoms with E-state index in [1.807, 2.05) is 12.4 Å². The van der Waals surface area contributed by atoms with Gasteiger partial charge >= 0.3 is 0 Å². The van der Waals surface area contributed by atoms with Crippen LogP contribution in [0.25, 0.3) is 0 Å². The zero-order chi connectivity index (χ0) is 11.5. The third-order valence-corrected chi connectivity index (χ3v) is 3.21. The maximum Gasteiger partial charge on any atom is 0.0270 e. The van der Waals surface area contributed by atoms with Crippen molar-refractivity contribution in [2.75, 3.05) is 0 Å². The molecule has 1 heterocycles. The summed E-state index contributed by atoms with van der Waals surface area (Å²) in [6.45, 7) is 11.6. The molecule has 2 atom stereocenters. The average Bonchev–Trinajstić information content (AvgIpc) is 2.17. The molecule has 15 heavy (non-hydrogen) atoms. The van der Waals surface area contributed by atoms with Gasteiger partial charge in [-0.3, -0.25) is 4.98 Å². The molecule has 0 fully saturated rings. The first-order valence-corrected chi connectivity index (χ1v) is 5.86. The predicted octanol–water partition coefficient (Wildman–Crippen LogP) is 4.26. The fourth-order valence-electron chi connectivity index (χ4n) is 2.49. The Bertz CT molecular complexity index is 284. The molecule has 0 saturated carbocycles. The van der Waals surface area contributed by atoms with Crippen LogP contribution in [0.3, 0.4) is 0 Å². The Labute approximate surface area is 93.9 Å². The first kappa shape index (κ1) is 12.2. The molecular formula is C14H23N. The van der Waals surface area contributed by atoms with Crippen molar-refractivity contribution < 1.29 is 0 Å². The minimum absolute atomic E-state index is 0.316. The standard InChI is InChI=1S/C14H23N/c1-6-11(2)13(14(3,4)5)12-7-9-15-10-8-12/h7-11,13H,6H2,1-5H3. The Balaban J connectivity index is 3.02. The van der Waals surface area contributed by atoms with Gasteiger partial charge in [0.05, 0.1) is 0 Å². The molecule has 0 bridgehead atoms. The lowest BCUT2D eigenvalue weighted by Gasteiger charge is -2.35. The van der Waals surface area contributed by atoms with Crippen LogP contribution in [0.1, 0.15) is 52.5 Å². The lowest BCUT2D eigenvalue weighted by Crippen LogP contribution is -2.24. The van der Waals surface area contributed by atoms with E-state index in [1.54, 1.807) is 0 Å². The largest absolute Gasteiger partial charge is 0.265 e. The number of hydrogen-bond donors (Lipinski definition) is 0. The van der Waals surface area contributed by atoms with Gasteiger partial charge in [-0.05, 0) is 34.9 Å². The average molecular weight is 205 g/mol. The van der Waals surface area contributed by atoms with Gasteiger partial charge in [0.2, 0.25) is 0 Å². The zero-order valence-electron chi connectivity index (χ0n) is 10.6. The van der Waals surface area contributed by atoms with Gasteiger partial charge in [0.1, 0.15) is 0 Å². The lowest BCUT2D eigenvalue weighted by molar-refractivity contribution is 0.241. The van der Waals surface area contributed by atoms with Crippen molar-refractivity contribution in [1.82, 2.24) is 4.98 Å². The van der Waals surface area contributed by atoms with Crippen molar-refractivity contribution in [2.24, 2.45) is 11.3 Å². The summed E-state index contributed by atoms with van der Waals surface area (Å²) in [5, 5.41) is 0. The van der Waals surface area contributed by atoms with Gasteiger partial charge in [0, 0.05) is 12.4 Å². The van der Waals surface area contributed by atoms with Crippen LogP contribution in [0.2, 0.25) is 0 Å². The van der Waals surface area contributed by atoms with E-state index in [1.165, 1.54) is 12.0 Å².